The van der Waals surface area contributed by atoms with Crippen LogP contribution in [0, 0.1) is 18.3 Å². The maximum absolute atomic E-state index is 12.9. The minimum Gasteiger partial charge on any atom is -0.399 e. The normalized spacial score (nSPS) is 17.8. The van der Waals surface area contributed by atoms with E-state index >= 15 is 0 Å². The van der Waals surface area contributed by atoms with Gasteiger partial charge in [0.2, 0.25) is 0 Å². The highest BCUT2D eigenvalue weighted by molar-refractivity contribution is 6.00. The van der Waals surface area contributed by atoms with Crippen molar-refractivity contribution in [1.29, 1.82) is 5.26 Å². The number of amides is 1. The van der Waals surface area contributed by atoms with Crippen LogP contribution in [0.1, 0.15) is 27.9 Å². The van der Waals surface area contributed by atoms with Crippen LogP contribution >= 0.6 is 0 Å². The van der Waals surface area contributed by atoms with Crippen LogP contribution in [0.4, 0.5) is 0 Å². The molecule has 1 saturated heterocycles. The number of benzene rings is 2. The molecule has 1 fully saturated rings. The maximum atomic E-state index is 12.9. The summed E-state index contributed by atoms with van der Waals surface area (Å²) in [5.41, 5.74) is 4.87. The number of aliphatic hydroxyl groups is 1. The maximum Gasteiger partial charge on any atom is 0.254 e. The van der Waals surface area contributed by atoms with Gasteiger partial charge in [0, 0.05) is 12.0 Å². The van der Waals surface area contributed by atoms with Gasteiger partial charge in [-0.15, -0.1) is 0 Å². The standard InChI is InChI=1S/C21H21N3O3/c1-14-3-4-15(11-22)9-20(14)16-5-7-17(8-6-16)21(26)24-12-18(23-27-2)10-19(24)13-25/h3-9,19,25H,10,12-13H2,1-2H3/b23-18-. The lowest BCUT2D eigenvalue weighted by Crippen LogP contribution is -2.37. The molecule has 1 amide bonds. The molecule has 0 radical (unpaired) electrons. The average molecular weight is 363 g/mol. The van der Waals surface area contributed by atoms with E-state index in [4.69, 9.17) is 10.1 Å². The molecule has 1 aliphatic rings. The van der Waals surface area contributed by atoms with Crippen molar-refractivity contribution in [3.05, 3.63) is 59.2 Å². The molecule has 2 aromatic rings. The van der Waals surface area contributed by atoms with Crippen molar-refractivity contribution < 1.29 is 14.7 Å². The van der Waals surface area contributed by atoms with Crippen LogP contribution in [0.15, 0.2) is 47.6 Å². The van der Waals surface area contributed by atoms with Crippen LogP contribution in [-0.4, -0.2) is 47.9 Å². The van der Waals surface area contributed by atoms with Gasteiger partial charge in [0.15, 0.2) is 0 Å². The summed E-state index contributed by atoms with van der Waals surface area (Å²) < 4.78 is 0. The molecule has 1 atom stereocenters. The van der Waals surface area contributed by atoms with E-state index in [-0.39, 0.29) is 18.6 Å². The summed E-state index contributed by atoms with van der Waals surface area (Å²) >= 11 is 0. The van der Waals surface area contributed by atoms with Gasteiger partial charge in [0.1, 0.15) is 7.11 Å². The van der Waals surface area contributed by atoms with Crippen LogP contribution in [0.3, 0.4) is 0 Å². The second-order valence-electron chi connectivity index (χ2n) is 6.53. The Morgan fingerprint density at radius 2 is 2.07 bits per heavy atom. The molecule has 1 heterocycles. The molecule has 138 valence electrons. The highest BCUT2D eigenvalue weighted by atomic mass is 16.6. The molecular formula is C21H21N3O3. The lowest BCUT2D eigenvalue weighted by Gasteiger charge is -2.22. The van der Waals surface area contributed by atoms with E-state index in [0.717, 1.165) is 22.4 Å². The van der Waals surface area contributed by atoms with Crippen LogP contribution < -0.4 is 0 Å². The molecule has 6 nitrogen and oxygen atoms in total. The van der Waals surface area contributed by atoms with Crippen molar-refractivity contribution in [2.75, 3.05) is 20.3 Å². The Morgan fingerprint density at radius 3 is 2.70 bits per heavy atom. The van der Waals surface area contributed by atoms with Gasteiger partial charge in [-0.2, -0.15) is 5.26 Å². The van der Waals surface area contributed by atoms with E-state index in [9.17, 15) is 9.90 Å². The van der Waals surface area contributed by atoms with E-state index in [0.29, 0.717) is 24.1 Å². The number of rotatable bonds is 4. The predicted molar refractivity (Wildman–Crippen MR) is 102 cm³/mol. The first-order valence-corrected chi connectivity index (χ1v) is 8.69. The van der Waals surface area contributed by atoms with E-state index in [1.54, 1.807) is 23.1 Å². The summed E-state index contributed by atoms with van der Waals surface area (Å²) in [5, 5.41) is 22.6. The topological polar surface area (TPSA) is 85.9 Å². The minimum atomic E-state index is -0.291. The number of carbonyl (C=O) groups excluding carboxylic acids is 1. The first-order valence-electron chi connectivity index (χ1n) is 8.69. The number of oxime groups is 1. The summed E-state index contributed by atoms with van der Waals surface area (Å²) in [6.07, 6.45) is 0.508. The zero-order valence-corrected chi connectivity index (χ0v) is 15.3. The third kappa shape index (κ3) is 3.83. The van der Waals surface area contributed by atoms with Gasteiger partial charge < -0.3 is 14.8 Å². The minimum absolute atomic E-state index is 0.118. The number of aryl methyl sites for hydroxylation is 1. The summed E-state index contributed by atoms with van der Waals surface area (Å²) in [5.74, 6) is -0.149. The molecule has 0 aliphatic carbocycles. The second kappa shape index (κ2) is 8.02. The van der Waals surface area contributed by atoms with Crippen molar-refractivity contribution in [3.63, 3.8) is 0 Å². The number of nitriles is 1. The molecule has 27 heavy (non-hydrogen) atoms. The zero-order valence-electron chi connectivity index (χ0n) is 15.3. The van der Waals surface area contributed by atoms with Gasteiger partial charge in [0.25, 0.3) is 5.91 Å². The van der Waals surface area contributed by atoms with Crippen molar-refractivity contribution in [3.8, 4) is 17.2 Å². The van der Waals surface area contributed by atoms with E-state index < -0.39 is 0 Å². The number of carbonyl (C=O) groups is 1. The Morgan fingerprint density at radius 1 is 1.33 bits per heavy atom. The summed E-state index contributed by atoms with van der Waals surface area (Å²) in [4.78, 5) is 19.3. The molecule has 3 rings (SSSR count). The zero-order chi connectivity index (χ0) is 19.4. The van der Waals surface area contributed by atoms with Gasteiger partial charge in [-0.05, 0) is 47.9 Å². The lowest BCUT2D eigenvalue weighted by atomic mass is 9.97. The first kappa shape index (κ1) is 18.6. The molecule has 2 aromatic carbocycles. The predicted octanol–water partition coefficient (Wildman–Crippen LogP) is 2.74. The Labute approximate surface area is 158 Å². The van der Waals surface area contributed by atoms with Crippen LogP contribution in [0.2, 0.25) is 0 Å². The lowest BCUT2D eigenvalue weighted by molar-refractivity contribution is 0.0680. The van der Waals surface area contributed by atoms with Gasteiger partial charge in [-0.3, -0.25) is 4.79 Å². The number of aliphatic hydroxyl groups excluding tert-OH is 1. The number of hydrogen-bond donors (Lipinski definition) is 1. The highest BCUT2D eigenvalue weighted by Gasteiger charge is 2.33. The summed E-state index contributed by atoms with van der Waals surface area (Å²) in [6.45, 7) is 2.22. The smallest absolute Gasteiger partial charge is 0.254 e. The van der Waals surface area contributed by atoms with Gasteiger partial charge >= 0.3 is 0 Å². The molecule has 0 bridgehead atoms. The van der Waals surface area contributed by atoms with Crippen molar-refractivity contribution >= 4 is 11.6 Å². The van der Waals surface area contributed by atoms with Gasteiger partial charge in [0.05, 0.1) is 36.5 Å². The third-order valence-electron chi connectivity index (χ3n) is 4.77. The number of nitrogens with zero attached hydrogens (tertiary/aromatic N) is 3. The molecular weight excluding hydrogens is 342 g/mol. The van der Waals surface area contributed by atoms with Crippen LogP contribution in [0.5, 0.6) is 0 Å². The SMILES string of the molecule is CO/N=C1/CC(CO)N(C(=O)c2ccc(-c3cc(C#N)ccc3C)cc2)C1. The third-order valence-corrected chi connectivity index (χ3v) is 4.77. The van der Waals surface area contributed by atoms with Gasteiger partial charge in [-0.25, -0.2) is 0 Å². The summed E-state index contributed by atoms with van der Waals surface area (Å²) in [6, 6.07) is 14.7. The largest absolute Gasteiger partial charge is 0.399 e. The second-order valence-corrected chi connectivity index (χ2v) is 6.53. The van der Waals surface area contributed by atoms with E-state index in [1.807, 2.05) is 31.2 Å². The van der Waals surface area contributed by atoms with E-state index in [2.05, 4.69) is 11.2 Å². The fraction of sp³-hybridized carbons (Fsp3) is 0.286. The average Bonchev–Trinajstić information content (AvgIpc) is 3.11. The summed E-state index contributed by atoms with van der Waals surface area (Å²) in [7, 11) is 1.47. The molecule has 1 aliphatic heterocycles. The van der Waals surface area contributed by atoms with Crippen molar-refractivity contribution in [2.45, 2.75) is 19.4 Å². The molecule has 0 spiro atoms. The number of hydrogen-bond acceptors (Lipinski definition) is 5. The fourth-order valence-corrected chi connectivity index (χ4v) is 3.33. The Bertz CT molecular complexity index is 913. The molecule has 0 aromatic heterocycles. The van der Waals surface area contributed by atoms with Crippen molar-refractivity contribution in [2.24, 2.45) is 5.16 Å². The number of likely N-dealkylation sites (tertiary alicyclic amines) is 1. The van der Waals surface area contributed by atoms with Crippen LogP contribution in [-0.2, 0) is 4.84 Å². The van der Waals surface area contributed by atoms with Crippen LogP contribution in [0.25, 0.3) is 11.1 Å². The highest BCUT2D eigenvalue weighted by Crippen LogP contribution is 2.26. The quantitative estimate of drug-likeness (QED) is 0.847. The molecule has 1 unspecified atom stereocenters. The molecule has 0 saturated carbocycles. The Balaban J connectivity index is 1.84. The molecule has 1 N–H and O–H groups in total. The monoisotopic (exact) mass is 363 g/mol. The Kier molecular flexibility index (Phi) is 5.53. The molecule has 6 heteroatoms. The van der Waals surface area contributed by atoms with E-state index in [1.165, 1.54) is 7.11 Å². The first-order chi connectivity index (χ1) is 13.1. The fourth-order valence-electron chi connectivity index (χ4n) is 3.33. The van der Waals surface area contributed by atoms with Crippen molar-refractivity contribution in [1.82, 2.24) is 4.90 Å². The van der Waals surface area contributed by atoms with Gasteiger partial charge in [-0.1, -0.05) is 23.4 Å². The Hall–Kier alpha value is -3.17.